The Morgan fingerprint density at radius 3 is 2.50 bits per heavy atom. The summed E-state index contributed by atoms with van der Waals surface area (Å²) in [5.74, 6) is -0.494. The quantitative estimate of drug-likeness (QED) is 0.569. The molecule has 0 saturated heterocycles. The molecule has 0 aliphatic carbocycles. The number of halogens is 1. The summed E-state index contributed by atoms with van der Waals surface area (Å²) < 4.78 is 17.3. The molecule has 0 aromatic carbocycles. The Hall–Kier alpha value is -0.600. The van der Waals surface area contributed by atoms with Crippen molar-refractivity contribution < 1.29 is 13.9 Å². The SMILES string of the molecule is CCC(C)(F)CC(=O)OC. The number of rotatable bonds is 3. The smallest absolute Gasteiger partial charge is 0.308 e. The normalized spacial score (nSPS) is 16.0. The lowest BCUT2D eigenvalue weighted by molar-refractivity contribution is -0.143. The van der Waals surface area contributed by atoms with Crippen LogP contribution in [-0.4, -0.2) is 18.7 Å². The summed E-state index contributed by atoms with van der Waals surface area (Å²) in [7, 11) is 1.26. The van der Waals surface area contributed by atoms with Gasteiger partial charge in [-0.15, -0.1) is 0 Å². The van der Waals surface area contributed by atoms with Gasteiger partial charge in [0.25, 0.3) is 0 Å². The van der Waals surface area contributed by atoms with Gasteiger partial charge in [0.05, 0.1) is 13.5 Å². The molecule has 0 saturated carbocycles. The van der Waals surface area contributed by atoms with E-state index in [-0.39, 0.29) is 6.42 Å². The van der Waals surface area contributed by atoms with Crippen molar-refractivity contribution in [3.05, 3.63) is 0 Å². The van der Waals surface area contributed by atoms with Gasteiger partial charge in [0.1, 0.15) is 5.67 Å². The Bertz CT molecular complexity index is 121. The minimum Gasteiger partial charge on any atom is -0.469 e. The minimum atomic E-state index is -1.41. The van der Waals surface area contributed by atoms with Gasteiger partial charge in [-0.05, 0) is 13.3 Å². The topological polar surface area (TPSA) is 26.3 Å². The van der Waals surface area contributed by atoms with Crippen molar-refractivity contribution in [2.75, 3.05) is 7.11 Å². The Balaban J connectivity index is 3.76. The number of esters is 1. The molecule has 3 heteroatoms. The van der Waals surface area contributed by atoms with E-state index >= 15 is 0 Å². The number of carbonyl (C=O) groups is 1. The highest BCUT2D eigenvalue weighted by molar-refractivity contribution is 5.70. The molecular formula is C7H13FO2. The molecule has 0 N–H and O–H groups in total. The van der Waals surface area contributed by atoms with Crippen LogP contribution >= 0.6 is 0 Å². The van der Waals surface area contributed by atoms with Gasteiger partial charge in [0.15, 0.2) is 0 Å². The number of alkyl halides is 1. The highest BCUT2D eigenvalue weighted by Gasteiger charge is 2.24. The number of methoxy groups -OCH3 is 1. The van der Waals surface area contributed by atoms with Crippen LogP contribution in [0, 0.1) is 0 Å². The van der Waals surface area contributed by atoms with Crippen molar-refractivity contribution in [3.63, 3.8) is 0 Å². The number of hydrogen-bond acceptors (Lipinski definition) is 2. The fourth-order valence-corrected chi connectivity index (χ4v) is 0.498. The van der Waals surface area contributed by atoms with E-state index < -0.39 is 11.6 Å². The summed E-state index contributed by atoms with van der Waals surface area (Å²) in [6.07, 6.45) is 0.183. The van der Waals surface area contributed by atoms with Gasteiger partial charge in [-0.25, -0.2) is 4.39 Å². The molecule has 0 rings (SSSR count). The van der Waals surface area contributed by atoms with Crippen molar-refractivity contribution in [1.29, 1.82) is 0 Å². The summed E-state index contributed by atoms with van der Waals surface area (Å²) in [4.78, 5) is 10.5. The molecule has 0 bridgehead atoms. The molecule has 0 aliphatic rings. The van der Waals surface area contributed by atoms with E-state index in [1.807, 2.05) is 0 Å². The maximum atomic E-state index is 13.0. The van der Waals surface area contributed by atoms with Crippen LogP contribution in [0.25, 0.3) is 0 Å². The van der Waals surface area contributed by atoms with Crippen LogP contribution in [-0.2, 0) is 9.53 Å². The summed E-state index contributed by atoms with van der Waals surface area (Å²) >= 11 is 0. The maximum Gasteiger partial charge on any atom is 0.308 e. The van der Waals surface area contributed by atoms with Gasteiger partial charge in [-0.1, -0.05) is 6.92 Å². The first kappa shape index (κ1) is 9.40. The zero-order valence-electron chi connectivity index (χ0n) is 6.61. The average Bonchev–Trinajstić information content (AvgIpc) is 1.87. The number of hydrogen-bond donors (Lipinski definition) is 0. The molecule has 60 valence electrons. The first-order valence-corrected chi connectivity index (χ1v) is 3.27. The molecule has 1 unspecified atom stereocenters. The highest BCUT2D eigenvalue weighted by Crippen LogP contribution is 2.19. The van der Waals surface area contributed by atoms with E-state index in [0.29, 0.717) is 6.42 Å². The summed E-state index contributed by atoms with van der Waals surface area (Å²) in [6, 6.07) is 0. The van der Waals surface area contributed by atoms with Crippen molar-refractivity contribution in [1.82, 2.24) is 0 Å². The first-order valence-electron chi connectivity index (χ1n) is 3.27. The summed E-state index contributed by atoms with van der Waals surface area (Å²) in [5.41, 5.74) is -1.41. The first-order chi connectivity index (χ1) is 4.52. The zero-order valence-corrected chi connectivity index (χ0v) is 6.61. The molecule has 2 nitrogen and oxygen atoms in total. The van der Waals surface area contributed by atoms with Crippen molar-refractivity contribution >= 4 is 5.97 Å². The van der Waals surface area contributed by atoms with Crippen molar-refractivity contribution in [2.24, 2.45) is 0 Å². The van der Waals surface area contributed by atoms with Crippen LogP contribution in [0.4, 0.5) is 4.39 Å². The number of ether oxygens (including phenoxy) is 1. The molecule has 0 spiro atoms. The van der Waals surface area contributed by atoms with E-state index in [1.165, 1.54) is 14.0 Å². The fraction of sp³-hybridized carbons (Fsp3) is 0.857. The maximum absolute atomic E-state index is 13.0. The minimum absolute atomic E-state index is 0.153. The van der Waals surface area contributed by atoms with Crippen molar-refractivity contribution in [2.45, 2.75) is 32.4 Å². The van der Waals surface area contributed by atoms with Crippen LogP contribution in [0.1, 0.15) is 26.7 Å². The Kier molecular flexibility index (Phi) is 3.33. The highest BCUT2D eigenvalue weighted by atomic mass is 19.1. The van der Waals surface area contributed by atoms with Gasteiger partial charge >= 0.3 is 5.97 Å². The lowest BCUT2D eigenvalue weighted by Gasteiger charge is -2.15. The van der Waals surface area contributed by atoms with E-state index in [9.17, 15) is 9.18 Å². The second-order valence-corrected chi connectivity index (χ2v) is 2.52. The van der Waals surface area contributed by atoms with E-state index in [2.05, 4.69) is 4.74 Å². The van der Waals surface area contributed by atoms with Crippen LogP contribution in [0.3, 0.4) is 0 Å². The molecule has 0 aliphatic heterocycles. The molecule has 0 radical (unpaired) electrons. The molecule has 0 heterocycles. The van der Waals surface area contributed by atoms with E-state index in [4.69, 9.17) is 0 Å². The van der Waals surface area contributed by atoms with Crippen LogP contribution in [0.2, 0.25) is 0 Å². The van der Waals surface area contributed by atoms with Gasteiger partial charge in [-0.3, -0.25) is 4.79 Å². The largest absolute Gasteiger partial charge is 0.469 e. The van der Waals surface area contributed by atoms with Crippen molar-refractivity contribution in [3.8, 4) is 0 Å². The third kappa shape index (κ3) is 3.43. The standard InChI is InChI=1S/C7H13FO2/c1-4-7(2,8)5-6(9)10-3/h4-5H2,1-3H3. The van der Waals surface area contributed by atoms with Crippen LogP contribution < -0.4 is 0 Å². The fourth-order valence-electron chi connectivity index (χ4n) is 0.498. The van der Waals surface area contributed by atoms with Gasteiger partial charge < -0.3 is 4.74 Å². The lowest BCUT2D eigenvalue weighted by atomic mass is 10.0. The molecule has 0 amide bonds. The monoisotopic (exact) mass is 148 g/mol. The number of carbonyl (C=O) groups excluding carboxylic acids is 1. The lowest BCUT2D eigenvalue weighted by Crippen LogP contribution is -2.22. The molecule has 1 atom stereocenters. The van der Waals surface area contributed by atoms with Gasteiger partial charge in [-0.2, -0.15) is 0 Å². The molecule has 0 aromatic heterocycles. The second kappa shape index (κ2) is 3.54. The van der Waals surface area contributed by atoms with Gasteiger partial charge in [0, 0.05) is 0 Å². The predicted molar refractivity (Wildman–Crippen MR) is 36.4 cm³/mol. The van der Waals surface area contributed by atoms with E-state index in [1.54, 1.807) is 6.92 Å². The molecule has 10 heavy (non-hydrogen) atoms. The summed E-state index contributed by atoms with van der Waals surface area (Å²) in [5, 5.41) is 0. The second-order valence-electron chi connectivity index (χ2n) is 2.52. The zero-order chi connectivity index (χ0) is 8.20. The predicted octanol–water partition coefficient (Wildman–Crippen LogP) is 1.69. The third-order valence-electron chi connectivity index (χ3n) is 1.48. The Morgan fingerprint density at radius 2 is 2.20 bits per heavy atom. The third-order valence-corrected chi connectivity index (χ3v) is 1.48. The van der Waals surface area contributed by atoms with E-state index in [0.717, 1.165) is 0 Å². The summed E-state index contributed by atoms with van der Waals surface area (Å²) in [6.45, 7) is 3.09. The molecule has 0 fully saturated rings. The molecular weight excluding hydrogens is 135 g/mol. The van der Waals surface area contributed by atoms with Crippen LogP contribution in [0.15, 0.2) is 0 Å². The van der Waals surface area contributed by atoms with Gasteiger partial charge in [0.2, 0.25) is 0 Å². The molecule has 0 aromatic rings. The Morgan fingerprint density at radius 1 is 1.70 bits per heavy atom. The van der Waals surface area contributed by atoms with Crippen LogP contribution in [0.5, 0.6) is 0 Å². The Labute approximate surface area is 60.4 Å². The average molecular weight is 148 g/mol.